The summed E-state index contributed by atoms with van der Waals surface area (Å²) in [7, 11) is 0. The van der Waals surface area contributed by atoms with Crippen molar-refractivity contribution in [2.45, 2.75) is 71.6 Å². The lowest BCUT2D eigenvalue weighted by Gasteiger charge is -2.46. The molecule has 0 unspecified atom stereocenters. The van der Waals surface area contributed by atoms with Crippen LogP contribution in [0.5, 0.6) is 0 Å². The molecule has 0 radical (unpaired) electrons. The molecule has 0 aromatic carbocycles. The highest BCUT2D eigenvalue weighted by Crippen LogP contribution is 2.43. The number of imide groups is 2. The van der Waals surface area contributed by atoms with Crippen LogP contribution in [0.2, 0.25) is 0 Å². The first-order valence-corrected chi connectivity index (χ1v) is 8.58. The Hall–Kier alpha value is -2.13. The van der Waals surface area contributed by atoms with Gasteiger partial charge in [0.25, 0.3) is 0 Å². The summed E-state index contributed by atoms with van der Waals surface area (Å²) in [6.07, 6.45) is -0.914. The van der Waals surface area contributed by atoms with Crippen molar-refractivity contribution in [1.29, 1.82) is 0 Å². The lowest BCUT2D eigenvalue weighted by Crippen LogP contribution is -2.79. The Balaban J connectivity index is 2.80. The summed E-state index contributed by atoms with van der Waals surface area (Å²) in [6.45, 7) is 7.62. The predicted octanol–water partition coefficient (Wildman–Crippen LogP) is 0.882. The van der Waals surface area contributed by atoms with Gasteiger partial charge in [-0.2, -0.15) is 5.21 Å². The van der Waals surface area contributed by atoms with Crippen LogP contribution in [0.4, 0.5) is 0 Å². The molecule has 9 nitrogen and oxygen atoms in total. The number of amides is 4. The fourth-order valence-electron chi connectivity index (χ4n) is 3.60. The third kappa shape index (κ3) is 2.66. The lowest BCUT2D eigenvalue weighted by atomic mass is 9.90. The molecule has 2 fully saturated rings. The largest absolute Gasteiger partial charge is 0.454 e. The topological polar surface area (TPSA) is 118 Å². The number of ether oxygens (including phenoxy) is 1. The number of likely N-dealkylation sites (tertiary alicyclic amines) is 2. The minimum Gasteiger partial charge on any atom is -0.454 e. The molecule has 4 amide bonds. The van der Waals surface area contributed by atoms with Crippen molar-refractivity contribution in [2.24, 2.45) is 5.92 Å². The van der Waals surface area contributed by atoms with Crippen LogP contribution in [0.15, 0.2) is 0 Å². The second-order valence-corrected chi connectivity index (χ2v) is 7.93. The van der Waals surface area contributed by atoms with Crippen molar-refractivity contribution in [1.82, 2.24) is 4.90 Å². The number of carbonyl (C=O) groups is 5. The predicted molar refractivity (Wildman–Crippen MR) is 85.8 cm³/mol. The summed E-state index contributed by atoms with van der Waals surface area (Å²) < 4.78 is 3.44. The molecule has 2 heterocycles. The first kappa shape index (κ1) is 20.2. The maximum Gasteiger partial charge on any atom is 0.396 e. The summed E-state index contributed by atoms with van der Waals surface area (Å²) >= 11 is 0. The van der Waals surface area contributed by atoms with Crippen LogP contribution >= 0.6 is 0 Å². The van der Waals surface area contributed by atoms with Gasteiger partial charge in [0.2, 0.25) is 11.8 Å². The van der Waals surface area contributed by atoms with Crippen LogP contribution in [0, 0.1) is 5.92 Å². The third-order valence-corrected chi connectivity index (χ3v) is 4.66. The zero-order valence-electron chi connectivity index (χ0n) is 15.7. The summed E-state index contributed by atoms with van der Waals surface area (Å²) in [6, 6.07) is 0. The van der Waals surface area contributed by atoms with Gasteiger partial charge in [-0.3, -0.25) is 9.59 Å². The van der Waals surface area contributed by atoms with Crippen LogP contribution in [0.1, 0.15) is 60.3 Å². The van der Waals surface area contributed by atoms with Crippen molar-refractivity contribution in [2.75, 3.05) is 0 Å². The second kappa shape index (κ2) is 6.24. The van der Waals surface area contributed by atoms with Gasteiger partial charge in [0, 0.05) is 18.8 Å². The van der Waals surface area contributed by atoms with E-state index in [1.165, 1.54) is 13.8 Å². The van der Waals surface area contributed by atoms with E-state index < -0.39 is 51.4 Å². The van der Waals surface area contributed by atoms with Gasteiger partial charge in [0.1, 0.15) is 5.60 Å². The molecule has 0 aromatic heterocycles. The van der Waals surface area contributed by atoms with Gasteiger partial charge in [-0.1, -0.05) is 13.8 Å². The number of nitrogens with zero attached hydrogens (tertiary/aromatic N) is 2. The second-order valence-electron chi connectivity index (χ2n) is 7.93. The monoisotopic (exact) mass is 369 g/mol. The van der Waals surface area contributed by atoms with Crippen LogP contribution in [0.25, 0.3) is 0 Å². The Morgan fingerprint density at radius 1 is 1.00 bits per heavy atom. The molecule has 2 rings (SSSR count). The molecule has 0 saturated carbocycles. The molecule has 1 N–H and O–H groups in total. The van der Waals surface area contributed by atoms with E-state index >= 15 is 0 Å². The smallest absolute Gasteiger partial charge is 0.396 e. The van der Waals surface area contributed by atoms with Gasteiger partial charge in [-0.15, -0.1) is 0 Å². The average molecular weight is 369 g/mol. The standard InChI is InChI=1S/C17H25N2O7/c1-10(2)17(15(24)26-16(3,4)5,18-11(20)6-7-12(18)21)19(25)13(22)8-9-14(19)23/h10,25H,6-9H2,1-5H3/q+1/t17-/m0/s1. The third-order valence-electron chi connectivity index (χ3n) is 4.66. The number of hydrogen-bond donors (Lipinski definition) is 1. The number of hydrogen-bond acceptors (Lipinski definition) is 7. The first-order chi connectivity index (χ1) is 11.8. The molecule has 2 aliphatic heterocycles. The molecular weight excluding hydrogens is 344 g/mol. The van der Waals surface area contributed by atoms with E-state index in [2.05, 4.69) is 0 Å². The number of carbonyl (C=O) groups excluding carboxylic acids is 5. The average Bonchev–Trinajstić information content (AvgIpc) is 2.95. The highest BCUT2D eigenvalue weighted by Gasteiger charge is 2.77. The highest BCUT2D eigenvalue weighted by atomic mass is 16.6. The molecule has 26 heavy (non-hydrogen) atoms. The van der Waals surface area contributed by atoms with Crippen LogP contribution in [-0.4, -0.2) is 55.6 Å². The van der Waals surface area contributed by atoms with Gasteiger partial charge in [-0.25, -0.2) is 19.3 Å². The molecule has 0 spiro atoms. The normalized spacial score (nSPS) is 23.0. The van der Waals surface area contributed by atoms with Crippen molar-refractivity contribution in [3.05, 3.63) is 0 Å². The van der Waals surface area contributed by atoms with E-state index in [0.717, 1.165) is 0 Å². The molecule has 1 atom stereocenters. The number of rotatable bonds is 4. The van der Waals surface area contributed by atoms with Gasteiger partial charge < -0.3 is 4.74 Å². The molecular formula is C17H25N2O7+. The number of esters is 1. The SMILES string of the molecule is CC(C)[C@](C(=O)OC(C)(C)C)(N1C(=O)CCC1=O)[N+]1(O)C(=O)CCC1=O. The molecule has 2 saturated heterocycles. The fourth-order valence-corrected chi connectivity index (χ4v) is 3.60. The molecule has 0 aromatic rings. The fraction of sp³-hybridized carbons (Fsp3) is 0.706. The quantitative estimate of drug-likeness (QED) is 0.338. The van der Waals surface area contributed by atoms with Crippen molar-refractivity contribution < 1.29 is 38.6 Å². The van der Waals surface area contributed by atoms with Gasteiger partial charge in [0.15, 0.2) is 0 Å². The Labute approximate surface area is 151 Å². The van der Waals surface area contributed by atoms with Crippen LogP contribution < -0.4 is 0 Å². The van der Waals surface area contributed by atoms with Crippen LogP contribution in [-0.2, 0) is 28.7 Å². The minimum absolute atomic E-state index is 0.168. The Bertz CT molecular complexity index is 660. The van der Waals surface area contributed by atoms with Gasteiger partial charge in [0.05, 0.1) is 12.8 Å². The maximum atomic E-state index is 13.2. The van der Waals surface area contributed by atoms with E-state index in [1.54, 1.807) is 20.8 Å². The van der Waals surface area contributed by atoms with E-state index in [4.69, 9.17) is 4.74 Å². The van der Waals surface area contributed by atoms with E-state index in [9.17, 15) is 29.2 Å². The Kier molecular flexibility index (Phi) is 4.84. The molecule has 0 bridgehead atoms. The van der Waals surface area contributed by atoms with Crippen LogP contribution in [0.3, 0.4) is 0 Å². The minimum atomic E-state index is -2.48. The summed E-state index contributed by atoms with van der Waals surface area (Å²) in [5.41, 5.74) is -3.52. The van der Waals surface area contributed by atoms with Crippen molar-refractivity contribution >= 4 is 29.6 Å². The summed E-state index contributed by atoms with van der Waals surface area (Å²) in [4.78, 5) is 63.8. The number of hydroxylamine groups is 3. The van der Waals surface area contributed by atoms with Crippen molar-refractivity contribution in [3.63, 3.8) is 0 Å². The van der Waals surface area contributed by atoms with Gasteiger partial charge >= 0.3 is 23.4 Å². The lowest BCUT2D eigenvalue weighted by molar-refractivity contribution is -1.02. The summed E-state index contributed by atoms with van der Waals surface area (Å²) in [5, 5.41) is 11.2. The molecule has 0 aliphatic carbocycles. The maximum absolute atomic E-state index is 13.2. The van der Waals surface area contributed by atoms with Crippen molar-refractivity contribution in [3.8, 4) is 0 Å². The zero-order chi connectivity index (χ0) is 20.1. The Morgan fingerprint density at radius 3 is 1.77 bits per heavy atom. The van der Waals surface area contributed by atoms with E-state index in [0.29, 0.717) is 4.90 Å². The molecule has 9 heteroatoms. The number of quaternary nitrogens is 1. The van der Waals surface area contributed by atoms with E-state index in [-0.39, 0.29) is 25.7 Å². The Morgan fingerprint density at radius 2 is 1.42 bits per heavy atom. The first-order valence-electron chi connectivity index (χ1n) is 8.58. The highest BCUT2D eigenvalue weighted by molar-refractivity contribution is 6.07. The van der Waals surface area contributed by atoms with Gasteiger partial charge in [-0.05, 0) is 25.4 Å². The molecule has 144 valence electrons. The zero-order valence-corrected chi connectivity index (χ0v) is 15.7. The molecule has 2 aliphatic rings. The summed E-state index contributed by atoms with van der Waals surface area (Å²) in [5.74, 6) is -5.46. The van der Waals surface area contributed by atoms with E-state index in [1.807, 2.05) is 0 Å².